The van der Waals surface area contributed by atoms with Gasteiger partial charge in [-0.1, -0.05) is 76.8 Å². The first-order chi connectivity index (χ1) is 11.2. The molecule has 2 nitrogen and oxygen atoms in total. The molecule has 23 heavy (non-hydrogen) atoms. The van der Waals surface area contributed by atoms with Gasteiger partial charge in [-0.15, -0.1) is 0 Å². The molecule has 0 bridgehead atoms. The third kappa shape index (κ3) is 5.30. The van der Waals surface area contributed by atoms with Gasteiger partial charge in [0.05, 0.1) is 6.04 Å². The van der Waals surface area contributed by atoms with Crippen molar-refractivity contribution in [3.63, 3.8) is 0 Å². The molecule has 2 rings (SSSR count). The van der Waals surface area contributed by atoms with E-state index in [1.165, 1.54) is 57.8 Å². The highest BCUT2D eigenvalue weighted by Gasteiger charge is 2.22. The van der Waals surface area contributed by atoms with E-state index in [1.807, 2.05) is 18.2 Å². The predicted molar refractivity (Wildman–Crippen MR) is 101 cm³/mol. The van der Waals surface area contributed by atoms with Crippen LogP contribution in [0.4, 0.5) is 5.69 Å². The van der Waals surface area contributed by atoms with E-state index in [-0.39, 0.29) is 6.04 Å². The Kier molecular flexibility index (Phi) is 7.51. The Balaban J connectivity index is 1.66. The zero-order valence-electron chi connectivity index (χ0n) is 14.9. The van der Waals surface area contributed by atoms with Crippen LogP contribution in [0.25, 0.3) is 5.76 Å². The molecule has 0 saturated heterocycles. The zero-order chi connectivity index (χ0) is 16.5. The van der Waals surface area contributed by atoms with Crippen LogP contribution in [0.15, 0.2) is 29.8 Å². The van der Waals surface area contributed by atoms with E-state index in [2.05, 4.69) is 25.2 Å². The smallest absolute Gasteiger partial charge is 0.125 e. The van der Waals surface area contributed by atoms with E-state index < -0.39 is 0 Å². The molecule has 1 unspecified atom stereocenters. The van der Waals surface area contributed by atoms with Gasteiger partial charge in [0.15, 0.2) is 0 Å². The lowest BCUT2D eigenvalue weighted by Crippen LogP contribution is -2.26. The van der Waals surface area contributed by atoms with Crippen LogP contribution in [0.1, 0.15) is 83.6 Å². The zero-order valence-corrected chi connectivity index (χ0v) is 14.9. The predicted octanol–water partition coefficient (Wildman–Crippen LogP) is 6.69. The first-order valence-electron chi connectivity index (χ1n) is 9.49. The minimum Gasteiger partial charge on any atom is -0.507 e. The average Bonchev–Trinajstić information content (AvgIpc) is 2.57. The Morgan fingerprint density at radius 1 is 0.913 bits per heavy atom. The monoisotopic (exact) mass is 315 g/mol. The number of fused-ring (bicyclic) bond motifs is 1. The number of hydrogen-bond acceptors (Lipinski definition) is 2. The molecular weight excluding hydrogens is 282 g/mol. The summed E-state index contributed by atoms with van der Waals surface area (Å²) < 4.78 is 0. The summed E-state index contributed by atoms with van der Waals surface area (Å²) in [5, 5.41) is 14.0. The molecule has 0 aromatic heterocycles. The lowest BCUT2D eigenvalue weighted by atomic mass is 9.93. The number of rotatable bonds is 10. The molecule has 0 amide bonds. The van der Waals surface area contributed by atoms with Gasteiger partial charge in [-0.2, -0.15) is 0 Å². The summed E-state index contributed by atoms with van der Waals surface area (Å²) in [4.78, 5) is 0. The highest BCUT2D eigenvalue weighted by molar-refractivity contribution is 5.78. The second kappa shape index (κ2) is 9.64. The van der Waals surface area contributed by atoms with Gasteiger partial charge in [0.25, 0.3) is 0 Å². The first-order valence-corrected chi connectivity index (χ1v) is 9.49. The largest absolute Gasteiger partial charge is 0.507 e. The molecule has 128 valence electrons. The third-order valence-electron chi connectivity index (χ3n) is 5.00. The Morgan fingerprint density at radius 2 is 1.52 bits per heavy atom. The van der Waals surface area contributed by atoms with Crippen LogP contribution in [0.5, 0.6) is 0 Å². The maximum absolute atomic E-state index is 10.4. The van der Waals surface area contributed by atoms with Crippen molar-refractivity contribution in [2.45, 2.75) is 84.1 Å². The van der Waals surface area contributed by atoms with Crippen LogP contribution < -0.4 is 5.32 Å². The van der Waals surface area contributed by atoms with Gasteiger partial charge in [-0.3, -0.25) is 0 Å². The van der Waals surface area contributed by atoms with E-state index in [1.54, 1.807) is 0 Å². The normalized spacial score (nSPS) is 17.0. The molecule has 0 spiro atoms. The fourth-order valence-corrected chi connectivity index (χ4v) is 3.44. The Morgan fingerprint density at radius 3 is 2.22 bits per heavy atom. The van der Waals surface area contributed by atoms with Crippen molar-refractivity contribution in [1.82, 2.24) is 0 Å². The van der Waals surface area contributed by atoms with Gasteiger partial charge in [0, 0.05) is 11.3 Å². The van der Waals surface area contributed by atoms with Crippen molar-refractivity contribution in [2.24, 2.45) is 0 Å². The van der Waals surface area contributed by atoms with Crippen molar-refractivity contribution >= 4 is 11.4 Å². The van der Waals surface area contributed by atoms with Crippen LogP contribution in [0.3, 0.4) is 0 Å². The van der Waals surface area contributed by atoms with Crippen LogP contribution in [0.2, 0.25) is 0 Å². The molecule has 1 aliphatic rings. The fraction of sp³-hybridized carbons (Fsp3) is 0.619. The van der Waals surface area contributed by atoms with Gasteiger partial charge in [-0.25, -0.2) is 0 Å². The summed E-state index contributed by atoms with van der Waals surface area (Å²) in [7, 11) is 0. The van der Waals surface area contributed by atoms with Crippen molar-refractivity contribution in [3.05, 3.63) is 35.4 Å². The summed E-state index contributed by atoms with van der Waals surface area (Å²) in [5.41, 5.74) is 3.09. The van der Waals surface area contributed by atoms with Crippen molar-refractivity contribution < 1.29 is 5.11 Å². The summed E-state index contributed by atoms with van der Waals surface area (Å²) in [6, 6.07) is 8.33. The molecule has 2 heteroatoms. The molecule has 1 aliphatic heterocycles. The molecule has 1 aromatic rings. The number of hydrogen-bond donors (Lipinski definition) is 2. The van der Waals surface area contributed by atoms with E-state index >= 15 is 0 Å². The number of aliphatic hydroxyl groups excluding tert-OH is 1. The topological polar surface area (TPSA) is 32.3 Å². The highest BCUT2D eigenvalue weighted by Crippen LogP contribution is 2.33. The van der Waals surface area contributed by atoms with Crippen LogP contribution in [-0.2, 0) is 0 Å². The number of nitrogens with one attached hydrogen (secondary N) is 1. The second-order valence-electron chi connectivity index (χ2n) is 6.89. The molecule has 0 radical (unpaired) electrons. The van der Waals surface area contributed by atoms with E-state index in [0.29, 0.717) is 5.76 Å². The molecule has 0 saturated carbocycles. The van der Waals surface area contributed by atoms with E-state index in [9.17, 15) is 5.11 Å². The summed E-state index contributed by atoms with van der Waals surface area (Å²) >= 11 is 0. The molecule has 2 N–H and O–H groups in total. The van der Waals surface area contributed by atoms with Crippen molar-refractivity contribution in [2.75, 3.05) is 5.32 Å². The molecule has 0 fully saturated rings. The Labute approximate surface area is 142 Å². The van der Waals surface area contributed by atoms with Crippen LogP contribution >= 0.6 is 0 Å². The molecular formula is C21H33NO. The quantitative estimate of drug-likeness (QED) is 0.471. The average molecular weight is 316 g/mol. The number of anilines is 1. The van der Waals surface area contributed by atoms with Crippen molar-refractivity contribution in [3.8, 4) is 0 Å². The van der Waals surface area contributed by atoms with Gasteiger partial charge in [0.2, 0.25) is 0 Å². The van der Waals surface area contributed by atoms with Crippen molar-refractivity contribution in [1.29, 1.82) is 0 Å². The molecule has 0 aliphatic carbocycles. The van der Waals surface area contributed by atoms with Crippen LogP contribution in [0, 0.1) is 0 Å². The summed E-state index contributed by atoms with van der Waals surface area (Å²) in [5.74, 6) is 0.472. The third-order valence-corrected chi connectivity index (χ3v) is 5.00. The highest BCUT2D eigenvalue weighted by atomic mass is 16.3. The Hall–Kier alpha value is -1.44. The second-order valence-corrected chi connectivity index (χ2v) is 6.89. The minimum atomic E-state index is 0.287. The summed E-state index contributed by atoms with van der Waals surface area (Å²) in [6.45, 7) is 4.32. The number of benzene rings is 1. The Bertz CT molecular complexity index is 506. The number of unbranched alkanes of at least 4 members (excludes halogenated alkanes) is 8. The summed E-state index contributed by atoms with van der Waals surface area (Å²) in [6.07, 6.45) is 13.3. The standard InChI is InChI=1S/C21H33NO/c1-3-4-5-6-7-8-9-10-11-15-19-17(2)21(23)18-14-12-13-16-20(18)22-19/h12-14,16,19,22-23H,3-11,15H2,1-2H3. The van der Waals surface area contributed by atoms with Gasteiger partial charge < -0.3 is 10.4 Å². The fourth-order valence-electron chi connectivity index (χ4n) is 3.44. The molecule has 1 atom stereocenters. The molecule has 1 aromatic carbocycles. The first kappa shape index (κ1) is 17.9. The van der Waals surface area contributed by atoms with Crippen LogP contribution in [-0.4, -0.2) is 11.1 Å². The van der Waals surface area contributed by atoms with E-state index in [0.717, 1.165) is 23.2 Å². The lowest BCUT2D eigenvalue weighted by molar-refractivity contribution is 0.492. The number of aliphatic hydroxyl groups is 1. The van der Waals surface area contributed by atoms with Gasteiger partial charge in [-0.05, 0) is 31.1 Å². The maximum Gasteiger partial charge on any atom is 0.125 e. The van der Waals surface area contributed by atoms with Gasteiger partial charge >= 0.3 is 0 Å². The molecule has 1 heterocycles. The minimum absolute atomic E-state index is 0.287. The SMILES string of the molecule is CCCCCCCCCCCC1Nc2ccccc2C(O)=C1C. The van der Waals surface area contributed by atoms with E-state index in [4.69, 9.17) is 0 Å². The lowest BCUT2D eigenvalue weighted by Gasteiger charge is -2.28. The van der Waals surface area contributed by atoms with Gasteiger partial charge in [0.1, 0.15) is 5.76 Å². The number of para-hydroxylation sites is 1. The maximum atomic E-state index is 10.4.